The fraction of sp³-hybridized carbons (Fsp3) is 0.353. The molecule has 1 aromatic carbocycles. The molecule has 0 aliphatic carbocycles. The average molecular weight is 298 g/mol. The van der Waals surface area contributed by atoms with Gasteiger partial charge in [-0.05, 0) is 32.4 Å². The van der Waals surface area contributed by atoms with Gasteiger partial charge in [-0.2, -0.15) is 0 Å². The van der Waals surface area contributed by atoms with Gasteiger partial charge in [-0.1, -0.05) is 17.7 Å². The molecular formula is C17H22N4O. The van der Waals surface area contributed by atoms with E-state index in [1.165, 1.54) is 0 Å². The van der Waals surface area contributed by atoms with Crippen molar-refractivity contribution in [2.45, 2.75) is 27.3 Å². The van der Waals surface area contributed by atoms with E-state index in [0.717, 1.165) is 22.6 Å². The molecule has 0 saturated carbocycles. The second-order valence-electron chi connectivity index (χ2n) is 5.68. The molecule has 0 atom stereocenters. The molecule has 0 fully saturated rings. The fourth-order valence-corrected chi connectivity index (χ4v) is 2.16. The molecule has 22 heavy (non-hydrogen) atoms. The van der Waals surface area contributed by atoms with Crippen molar-refractivity contribution < 1.29 is 4.79 Å². The molecule has 1 amide bonds. The fourth-order valence-electron chi connectivity index (χ4n) is 2.16. The van der Waals surface area contributed by atoms with Crippen LogP contribution in [0.1, 0.15) is 33.0 Å². The molecule has 0 aliphatic rings. The predicted octanol–water partition coefficient (Wildman–Crippen LogP) is 2.40. The van der Waals surface area contributed by atoms with E-state index in [2.05, 4.69) is 15.3 Å². The zero-order valence-electron chi connectivity index (χ0n) is 13.8. The Morgan fingerprint density at radius 3 is 2.55 bits per heavy atom. The second-order valence-corrected chi connectivity index (χ2v) is 5.68. The zero-order chi connectivity index (χ0) is 16.3. The van der Waals surface area contributed by atoms with Crippen LogP contribution in [0.3, 0.4) is 0 Å². The summed E-state index contributed by atoms with van der Waals surface area (Å²) in [5.41, 5.74) is 3.61. The van der Waals surface area contributed by atoms with Crippen molar-refractivity contribution in [2.75, 3.05) is 19.0 Å². The number of rotatable bonds is 4. The van der Waals surface area contributed by atoms with Crippen molar-refractivity contribution in [3.63, 3.8) is 0 Å². The highest BCUT2D eigenvalue weighted by Crippen LogP contribution is 2.12. The maximum atomic E-state index is 12.3. The van der Waals surface area contributed by atoms with Gasteiger partial charge in [0.2, 0.25) is 0 Å². The molecule has 1 heterocycles. The van der Waals surface area contributed by atoms with E-state index in [9.17, 15) is 4.79 Å². The van der Waals surface area contributed by atoms with Gasteiger partial charge in [0.1, 0.15) is 11.6 Å². The van der Waals surface area contributed by atoms with Crippen molar-refractivity contribution in [3.8, 4) is 0 Å². The topological polar surface area (TPSA) is 58.1 Å². The third-order valence-electron chi connectivity index (χ3n) is 3.39. The summed E-state index contributed by atoms with van der Waals surface area (Å²) in [6.45, 7) is 6.14. The van der Waals surface area contributed by atoms with E-state index in [4.69, 9.17) is 0 Å². The van der Waals surface area contributed by atoms with Gasteiger partial charge in [-0.3, -0.25) is 4.79 Å². The lowest BCUT2D eigenvalue weighted by atomic mass is 10.1. The van der Waals surface area contributed by atoms with Gasteiger partial charge in [0.05, 0.1) is 6.54 Å². The van der Waals surface area contributed by atoms with Crippen LogP contribution in [0.2, 0.25) is 0 Å². The molecule has 0 unspecified atom stereocenters. The Kier molecular flexibility index (Phi) is 4.75. The number of hydrogen-bond donors (Lipinski definition) is 1. The average Bonchev–Trinajstić information content (AvgIpc) is 2.46. The number of benzene rings is 1. The molecule has 2 aromatic rings. The smallest absolute Gasteiger partial charge is 0.251 e. The lowest BCUT2D eigenvalue weighted by Gasteiger charge is -2.13. The minimum atomic E-state index is -0.0993. The van der Waals surface area contributed by atoms with Gasteiger partial charge in [0.25, 0.3) is 5.91 Å². The highest BCUT2D eigenvalue weighted by atomic mass is 16.1. The van der Waals surface area contributed by atoms with E-state index >= 15 is 0 Å². The van der Waals surface area contributed by atoms with Crippen LogP contribution in [0.15, 0.2) is 24.3 Å². The first-order valence-electron chi connectivity index (χ1n) is 7.24. The molecule has 0 bridgehead atoms. The molecule has 0 radical (unpaired) electrons. The summed E-state index contributed by atoms with van der Waals surface area (Å²) in [7, 11) is 3.86. The summed E-state index contributed by atoms with van der Waals surface area (Å²) in [5, 5.41) is 2.89. The van der Waals surface area contributed by atoms with Crippen LogP contribution >= 0.6 is 0 Å². The van der Waals surface area contributed by atoms with Crippen LogP contribution in [-0.2, 0) is 6.54 Å². The summed E-state index contributed by atoms with van der Waals surface area (Å²) in [6, 6.07) is 7.76. The highest BCUT2D eigenvalue weighted by Gasteiger charge is 2.10. The quantitative estimate of drug-likeness (QED) is 0.941. The molecular weight excluding hydrogens is 276 g/mol. The summed E-state index contributed by atoms with van der Waals surface area (Å²) in [6.07, 6.45) is 0. The summed E-state index contributed by atoms with van der Waals surface area (Å²) < 4.78 is 0. The van der Waals surface area contributed by atoms with Gasteiger partial charge >= 0.3 is 0 Å². The predicted molar refractivity (Wildman–Crippen MR) is 88.2 cm³/mol. The summed E-state index contributed by atoms with van der Waals surface area (Å²) in [5.74, 6) is 1.35. The number of nitrogens with one attached hydrogen (secondary N) is 1. The third kappa shape index (κ3) is 3.81. The molecule has 0 spiro atoms. The number of anilines is 1. The van der Waals surface area contributed by atoms with Crippen molar-refractivity contribution >= 4 is 11.7 Å². The van der Waals surface area contributed by atoms with Gasteiger partial charge in [0.15, 0.2) is 0 Å². The highest BCUT2D eigenvalue weighted by molar-refractivity contribution is 5.95. The van der Waals surface area contributed by atoms with E-state index in [1.807, 2.05) is 64.0 Å². The lowest BCUT2D eigenvalue weighted by molar-refractivity contribution is 0.0949. The van der Waals surface area contributed by atoms with Gasteiger partial charge < -0.3 is 10.2 Å². The van der Waals surface area contributed by atoms with Crippen LogP contribution < -0.4 is 10.2 Å². The first kappa shape index (κ1) is 15.9. The van der Waals surface area contributed by atoms with E-state index < -0.39 is 0 Å². The SMILES string of the molecule is Cc1ccc(C)c(C(=O)NCc2nc(C)cc(N(C)C)n2)c1. The minimum absolute atomic E-state index is 0.0993. The van der Waals surface area contributed by atoms with Crippen LogP contribution in [0.4, 0.5) is 5.82 Å². The number of aryl methyl sites for hydroxylation is 3. The van der Waals surface area contributed by atoms with Crippen LogP contribution in [-0.4, -0.2) is 30.0 Å². The van der Waals surface area contributed by atoms with Crippen molar-refractivity contribution in [1.29, 1.82) is 0 Å². The molecule has 116 valence electrons. The molecule has 0 saturated heterocycles. The van der Waals surface area contributed by atoms with E-state index in [1.54, 1.807) is 0 Å². The Balaban J connectivity index is 2.13. The van der Waals surface area contributed by atoms with Crippen LogP contribution in [0.25, 0.3) is 0 Å². The first-order chi connectivity index (χ1) is 10.4. The van der Waals surface area contributed by atoms with Crippen LogP contribution in [0, 0.1) is 20.8 Å². The zero-order valence-corrected chi connectivity index (χ0v) is 13.8. The van der Waals surface area contributed by atoms with E-state index in [-0.39, 0.29) is 5.91 Å². The molecule has 5 heteroatoms. The van der Waals surface area contributed by atoms with Crippen molar-refractivity contribution in [2.24, 2.45) is 0 Å². The maximum absolute atomic E-state index is 12.3. The van der Waals surface area contributed by atoms with Gasteiger partial charge in [0, 0.05) is 31.4 Å². The molecule has 2 rings (SSSR count). The molecule has 5 nitrogen and oxygen atoms in total. The largest absolute Gasteiger partial charge is 0.363 e. The normalized spacial score (nSPS) is 10.4. The monoisotopic (exact) mass is 298 g/mol. The Morgan fingerprint density at radius 2 is 1.86 bits per heavy atom. The second kappa shape index (κ2) is 6.56. The van der Waals surface area contributed by atoms with Crippen LogP contribution in [0.5, 0.6) is 0 Å². The third-order valence-corrected chi connectivity index (χ3v) is 3.39. The molecule has 1 aromatic heterocycles. The summed E-state index contributed by atoms with van der Waals surface area (Å²) >= 11 is 0. The van der Waals surface area contributed by atoms with E-state index in [0.29, 0.717) is 17.9 Å². The minimum Gasteiger partial charge on any atom is -0.363 e. The Morgan fingerprint density at radius 1 is 1.14 bits per heavy atom. The molecule has 1 N–H and O–H groups in total. The number of carbonyl (C=O) groups excluding carboxylic acids is 1. The lowest BCUT2D eigenvalue weighted by Crippen LogP contribution is -2.25. The van der Waals surface area contributed by atoms with Gasteiger partial charge in [-0.25, -0.2) is 9.97 Å². The van der Waals surface area contributed by atoms with Crippen molar-refractivity contribution in [3.05, 3.63) is 52.5 Å². The Hall–Kier alpha value is -2.43. The Labute approximate surface area is 131 Å². The Bertz CT molecular complexity index is 695. The number of aromatic nitrogens is 2. The number of amides is 1. The summed E-state index contributed by atoms with van der Waals surface area (Å²) in [4.78, 5) is 23.0. The van der Waals surface area contributed by atoms with Crippen molar-refractivity contribution in [1.82, 2.24) is 15.3 Å². The molecule has 0 aliphatic heterocycles. The first-order valence-corrected chi connectivity index (χ1v) is 7.24. The van der Waals surface area contributed by atoms with Gasteiger partial charge in [-0.15, -0.1) is 0 Å². The number of carbonyl (C=O) groups is 1. The maximum Gasteiger partial charge on any atom is 0.251 e. The number of nitrogens with zero attached hydrogens (tertiary/aromatic N) is 3. The number of hydrogen-bond acceptors (Lipinski definition) is 4. The standard InChI is InChI=1S/C17H22N4O/c1-11-6-7-12(2)14(8-11)17(22)18-10-15-19-13(3)9-16(20-15)21(4)5/h6-9H,10H2,1-5H3,(H,18,22).